The van der Waals surface area contributed by atoms with Crippen LogP contribution in [0.1, 0.15) is 17.5 Å². The van der Waals surface area contributed by atoms with Crippen LogP contribution < -0.4 is 9.47 Å². The number of halogens is 1. The molecule has 6 heteroatoms. The highest BCUT2D eigenvalue weighted by Crippen LogP contribution is 2.27. The van der Waals surface area contributed by atoms with Gasteiger partial charge in [-0.15, -0.1) is 0 Å². The van der Waals surface area contributed by atoms with Gasteiger partial charge in [-0.3, -0.25) is 4.79 Å². The van der Waals surface area contributed by atoms with E-state index in [1.165, 1.54) is 17.1 Å². The molecule has 0 atom stereocenters. The minimum Gasteiger partial charge on any atom is -0.497 e. The molecule has 25 heavy (non-hydrogen) atoms. The number of benzene rings is 2. The maximum Gasteiger partial charge on any atom is 0.247 e. The van der Waals surface area contributed by atoms with Gasteiger partial charge < -0.3 is 9.47 Å². The molecule has 5 nitrogen and oxygen atoms in total. The molecule has 0 unspecified atom stereocenters. The van der Waals surface area contributed by atoms with Crippen LogP contribution in [-0.4, -0.2) is 37.4 Å². The number of ether oxygens (including phenoxy) is 2. The number of nitrogens with zero attached hydrogens (tertiary/aromatic N) is 2. The van der Waals surface area contributed by atoms with E-state index >= 15 is 0 Å². The zero-order chi connectivity index (χ0) is 17.8. The topological polar surface area (TPSA) is 51.1 Å². The van der Waals surface area contributed by atoms with E-state index in [9.17, 15) is 9.18 Å². The van der Waals surface area contributed by atoms with Crippen LogP contribution in [0.25, 0.3) is 0 Å². The molecule has 2 aromatic carbocycles. The second kappa shape index (κ2) is 7.34. The summed E-state index contributed by atoms with van der Waals surface area (Å²) in [6.45, 7) is 0.510. The molecule has 0 aromatic heterocycles. The van der Waals surface area contributed by atoms with Crippen LogP contribution in [0.4, 0.5) is 4.39 Å². The number of hydrazone groups is 1. The molecule has 1 amide bonds. The summed E-state index contributed by atoms with van der Waals surface area (Å²) in [6.07, 6.45) is 0.824. The Hall–Kier alpha value is -2.89. The first-order chi connectivity index (χ1) is 12.1. The molecular weight excluding hydrogens is 323 g/mol. The van der Waals surface area contributed by atoms with Crippen LogP contribution in [0, 0.1) is 5.82 Å². The third-order valence-corrected chi connectivity index (χ3v) is 4.08. The molecule has 3 rings (SSSR count). The number of carbonyl (C=O) groups is 1. The zero-order valence-corrected chi connectivity index (χ0v) is 14.2. The van der Waals surface area contributed by atoms with Crippen LogP contribution in [0.5, 0.6) is 11.5 Å². The standard InChI is InChI=1S/C19H19FN2O3/c1-24-15-7-8-18(25-2)16(12-15)17-9-10-22(21-17)19(23)11-13-3-5-14(20)6-4-13/h3-8,12H,9-11H2,1-2H3. The van der Waals surface area contributed by atoms with Crippen LogP contribution in [0.3, 0.4) is 0 Å². The van der Waals surface area contributed by atoms with Crippen LogP contribution >= 0.6 is 0 Å². The fraction of sp³-hybridized carbons (Fsp3) is 0.263. The van der Waals surface area contributed by atoms with Crippen molar-refractivity contribution >= 4 is 11.6 Å². The van der Waals surface area contributed by atoms with Crippen molar-refractivity contribution in [2.75, 3.05) is 20.8 Å². The molecule has 0 aliphatic carbocycles. The van der Waals surface area contributed by atoms with Gasteiger partial charge in [0.15, 0.2) is 0 Å². The number of hydrogen-bond acceptors (Lipinski definition) is 4. The highest BCUT2D eigenvalue weighted by molar-refractivity contribution is 6.05. The van der Waals surface area contributed by atoms with Crippen molar-refractivity contribution in [1.29, 1.82) is 0 Å². The number of hydrogen-bond donors (Lipinski definition) is 0. The van der Waals surface area contributed by atoms with Gasteiger partial charge in [0.25, 0.3) is 0 Å². The second-order valence-corrected chi connectivity index (χ2v) is 5.68. The smallest absolute Gasteiger partial charge is 0.247 e. The first-order valence-corrected chi connectivity index (χ1v) is 7.95. The average molecular weight is 342 g/mol. The van der Waals surface area contributed by atoms with Gasteiger partial charge in [0, 0.05) is 12.0 Å². The SMILES string of the molecule is COc1ccc(OC)c(C2=NN(C(=O)Cc3ccc(F)cc3)CC2)c1. The average Bonchev–Trinajstić information content (AvgIpc) is 3.13. The Morgan fingerprint density at radius 2 is 1.92 bits per heavy atom. The first kappa shape index (κ1) is 17.0. The normalized spacial score (nSPS) is 13.6. The van der Waals surface area contributed by atoms with Crippen molar-refractivity contribution in [3.63, 3.8) is 0 Å². The zero-order valence-electron chi connectivity index (χ0n) is 14.2. The highest BCUT2D eigenvalue weighted by atomic mass is 19.1. The minimum atomic E-state index is -0.317. The minimum absolute atomic E-state index is 0.122. The van der Waals surface area contributed by atoms with Crippen molar-refractivity contribution in [3.8, 4) is 11.5 Å². The fourth-order valence-corrected chi connectivity index (χ4v) is 2.73. The lowest BCUT2D eigenvalue weighted by atomic mass is 10.1. The van der Waals surface area contributed by atoms with Gasteiger partial charge in [-0.2, -0.15) is 5.10 Å². The van der Waals surface area contributed by atoms with Crippen molar-refractivity contribution < 1.29 is 18.7 Å². The molecule has 0 radical (unpaired) electrons. The lowest BCUT2D eigenvalue weighted by molar-refractivity contribution is -0.130. The fourth-order valence-electron chi connectivity index (χ4n) is 2.73. The monoisotopic (exact) mass is 342 g/mol. The van der Waals surface area contributed by atoms with E-state index in [4.69, 9.17) is 9.47 Å². The summed E-state index contributed by atoms with van der Waals surface area (Å²) in [5.74, 6) is 0.952. The van der Waals surface area contributed by atoms with Crippen molar-refractivity contribution in [2.45, 2.75) is 12.8 Å². The number of amides is 1. The van der Waals surface area contributed by atoms with Gasteiger partial charge in [0.2, 0.25) is 5.91 Å². The van der Waals surface area contributed by atoms with Crippen molar-refractivity contribution in [3.05, 3.63) is 59.4 Å². The Balaban J connectivity index is 1.78. The molecule has 0 saturated heterocycles. The summed E-state index contributed by atoms with van der Waals surface area (Å²) < 4.78 is 23.6. The molecule has 0 spiro atoms. The second-order valence-electron chi connectivity index (χ2n) is 5.68. The number of methoxy groups -OCH3 is 2. The van der Waals surface area contributed by atoms with Crippen LogP contribution in [0.15, 0.2) is 47.6 Å². The largest absolute Gasteiger partial charge is 0.497 e. The number of rotatable bonds is 5. The predicted octanol–water partition coefficient (Wildman–Crippen LogP) is 3.02. The molecule has 1 aliphatic rings. The van der Waals surface area contributed by atoms with E-state index in [2.05, 4.69) is 5.10 Å². The van der Waals surface area contributed by atoms with E-state index in [1.54, 1.807) is 26.4 Å². The third-order valence-electron chi connectivity index (χ3n) is 4.08. The maximum atomic E-state index is 13.0. The summed E-state index contributed by atoms with van der Waals surface area (Å²) in [7, 11) is 3.19. The Morgan fingerprint density at radius 1 is 1.16 bits per heavy atom. The summed E-state index contributed by atoms with van der Waals surface area (Å²) >= 11 is 0. The van der Waals surface area contributed by atoms with Crippen molar-refractivity contribution in [2.24, 2.45) is 5.10 Å². The van der Waals surface area contributed by atoms with E-state index in [0.29, 0.717) is 24.5 Å². The Morgan fingerprint density at radius 3 is 2.60 bits per heavy atom. The lowest BCUT2D eigenvalue weighted by Crippen LogP contribution is -2.25. The molecule has 0 N–H and O–H groups in total. The van der Waals surface area contributed by atoms with Gasteiger partial charge in [-0.05, 0) is 35.9 Å². The predicted molar refractivity (Wildman–Crippen MR) is 92.5 cm³/mol. The van der Waals surface area contributed by atoms with Gasteiger partial charge in [0.1, 0.15) is 17.3 Å². The maximum absolute atomic E-state index is 13.0. The summed E-state index contributed by atoms with van der Waals surface area (Å²) in [5, 5.41) is 5.90. The van der Waals surface area contributed by atoms with Crippen LogP contribution in [0.2, 0.25) is 0 Å². The Bertz CT molecular complexity index is 803. The molecule has 0 bridgehead atoms. The molecule has 130 valence electrons. The first-order valence-electron chi connectivity index (χ1n) is 7.95. The molecule has 1 aliphatic heterocycles. The number of carbonyl (C=O) groups excluding carboxylic acids is 1. The van der Waals surface area contributed by atoms with E-state index in [-0.39, 0.29) is 18.1 Å². The van der Waals surface area contributed by atoms with Gasteiger partial charge in [-0.25, -0.2) is 9.40 Å². The van der Waals surface area contributed by atoms with Gasteiger partial charge >= 0.3 is 0 Å². The van der Waals surface area contributed by atoms with Gasteiger partial charge in [-0.1, -0.05) is 12.1 Å². The van der Waals surface area contributed by atoms with Gasteiger partial charge in [0.05, 0.1) is 32.9 Å². The Labute approximate surface area is 145 Å². The van der Waals surface area contributed by atoms with E-state index in [1.807, 2.05) is 18.2 Å². The highest BCUT2D eigenvalue weighted by Gasteiger charge is 2.24. The molecule has 0 fully saturated rings. The third kappa shape index (κ3) is 3.79. The summed E-state index contributed by atoms with van der Waals surface area (Å²) in [5.41, 5.74) is 2.36. The van der Waals surface area contributed by atoms with Crippen LogP contribution in [-0.2, 0) is 11.2 Å². The van der Waals surface area contributed by atoms with E-state index < -0.39 is 0 Å². The molecule has 0 saturated carbocycles. The quantitative estimate of drug-likeness (QED) is 0.839. The van der Waals surface area contributed by atoms with E-state index in [0.717, 1.165) is 16.8 Å². The van der Waals surface area contributed by atoms with Crippen molar-refractivity contribution in [1.82, 2.24) is 5.01 Å². The lowest BCUT2D eigenvalue weighted by Gasteiger charge is -2.11. The molecule has 2 aromatic rings. The molecule has 1 heterocycles. The summed E-state index contributed by atoms with van der Waals surface area (Å²) in [4.78, 5) is 12.4. The summed E-state index contributed by atoms with van der Waals surface area (Å²) in [6, 6.07) is 11.4. The molecular formula is C19H19FN2O3. The Kier molecular flexibility index (Phi) is 4.97.